The van der Waals surface area contributed by atoms with Crippen molar-refractivity contribution >= 4 is 11.8 Å². The van der Waals surface area contributed by atoms with E-state index in [1.165, 1.54) is 6.07 Å². The van der Waals surface area contributed by atoms with E-state index in [2.05, 4.69) is 0 Å². The first-order chi connectivity index (χ1) is 13.0. The number of likely N-dealkylation sites (tertiary alicyclic amines) is 1. The van der Waals surface area contributed by atoms with Gasteiger partial charge in [-0.15, -0.1) is 0 Å². The summed E-state index contributed by atoms with van der Waals surface area (Å²) in [6, 6.07) is 13.5. The monoisotopic (exact) mass is 370 g/mol. The van der Waals surface area contributed by atoms with E-state index < -0.39 is 5.82 Å². The fourth-order valence-electron chi connectivity index (χ4n) is 3.07. The highest BCUT2D eigenvalue weighted by atomic mass is 19.1. The van der Waals surface area contributed by atoms with E-state index in [4.69, 9.17) is 4.74 Å². The molecule has 0 bridgehead atoms. The Labute approximate surface area is 158 Å². The zero-order chi connectivity index (χ0) is 19.2. The molecule has 142 valence electrons. The minimum absolute atomic E-state index is 0.137. The highest BCUT2D eigenvalue weighted by Gasteiger charge is 2.20. The van der Waals surface area contributed by atoms with Gasteiger partial charge in [0.1, 0.15) is 6.61 Å². The summed E-state index contributed by atoms with van der Waals surface area (Å²) >= 11 is 0. The van der Waals surface area contributed by atoms with Gasteiger partial charge in [0, 0.05) is 32.1 Å². The number of amides is 2. The molecule has 6 heteroatoms. The maximum atomic E-state index is 13.5. The number of hydrogen-bond donors (Lipinski definition) is 0. The lowest BCUT2D eigenvalue weighted by Crippen LogP contribution is -2.31. The Morgan fingerprint density at radius 2 is 2.04 bits per heavy atom. The Kier molecular flexibility index (Phi) is 6.06. The number of nitrogens with zero attached hydrogens (tertiary/aromatic N) is 2. The van der Waals surface area contributed by atoms with Gasteiger partial charge in [0.05, 0.1) is 6.54 Å². The SMILES string of the molecule is CN(CCOc1ccccc1F)C(=O)c1cccc(CN2CCCC2=O)c1. The zero-order valence-electron chi connectivity index (χ0n) is 15.4. The Morgan fingerprint density at radius 3 is 2.78 bits per heavy atom. The molecule has 0 aromatic heterocycles. The van der Waals surface area contributed by atoms with Gasteiger partial charge in [-0.25, -0.2) is 4.39 Å². The molecular weight excluding hydrogens is 347 g/mol. The topological polar surface area (TPSA) is 49.9 Å². The van der Waals surface area contributed by atoms with E-state index in [9.17, 15) is 14.0 Å². The Hall–Kier alpha value is -2.89. The number of para-hydroxylation sites is 1. The predicted molar refractivity (Wildman–Crippen MR) is 99.9 cm³/mol. The van der Waals surface area contributed by atoms with Crippen molar-refractivity contribution in [1.29, 1.82) is 0 Å². The molecule has 1 fully saturated rings. The Bertz CT molecular complexity index is 825. The van der Waals surface area contributed by atoms with Gasteiger partial charge in [-0.2, -0.15) is 0 Å². The summed E-state index contributed by atoms with van der Waals surface area (Å²) in [7, 11) is 1.68. The fourth-order valence-corrected chi connectivity index (χ4v) is 3.07. The molecule has 0 unspecified atom stereocenters. The number of likely N-dealkylation sites (N-methyl/N-ethyl adjacent to an activating group) is 1. The van der Waals surface area contributed by atoms with Gasteiger partial charge in [0.15, 0.2) is 11.6 Å². The third-order valence-electron chi connectivity index (χ3n) is 4.59. The maximum absolute atomic E-state index is 13.5. The van der Waals surface area contributed by atoms with Crippen molar-refractivity contribution < 1.29 is 18.7 Å². The van der Waals surface area contributed by atoms with Crippen LogP contribution in [0.25, 0.3) is 0 Å². The molecular formula is C21H23FN2O3. The smallest absolute Gasteiger partial charge is 0.253 e. The summed E-state index contributed by atoms with van der Waals surface area (Å²) in [5, 5.41) is 0. The molecule has 0 atom stereocenters. The van der Waals surface area contributed by atoms with Gasteiger partial charge in [0.25, 0.3) is 5.91 Å². The molecule has 0 N–H and O–H groups in total. The van der Waals surface area contributed by atoms with E-state index >= 15 is 0 Å². The van der Waals surface area contributed by atoms with Crippen LogP contribution < -0.4 is 4.74 Å². The number of hydrogen-bond acceptors (Lipinski definition) is 3. The van der Waals surface area contributed by atoms with E-state index in [1.807, 2.05) is 23.1 Å². The zero-order valence-corrected chi connectivity index (χ0v) is 15.4. The molecule has 1 aliphatic rings. The Morgan fingerprint density at radius 1 is 1.22 bits per heavy atom. The summed E-state index contributed by atoms with van der Waals surface area (Å²) in [6.07, 6.45) is 1.49. The number of rotatable bonds is 7. The van der Waals surface area contributed by atoms with Gasteiger partial charge in [0.2, 0.25) is 5.91 Å². The van der Waals surface area contributed by atoms with Crippen molar-refractivity contribution in [3.63, 3.8) is 0 Å². The lowest BCUT2D eigenvalue weighted by atomic mass is 10.1. The van der Waals surface area contributed by atoms with Crippen LogP contribution in [0.3, 0.4) is 0 Å². The molecule has 0 radical (unpaired) electrons. The van der Waals surface area contributed by atoms with E-state index in [1.54, 1.807) is 36.2 Å². The van der Waals surface area contributed by atoms with E-state index in [0.717, 1.165) is 18.5 Å². The van der Waals surface area contributed by atoms with Gasteiger partial charge in [-0.1, -0.05) is 24.3 Å². The second-order valence-electron chi connectivity index (χ2n) is 6.62. The minimum atomic E-state index is -0.421. The standard InChI is InChI=1S/C21H23FN2O3/c1-23(12-13-27-19-9-3-2-8-18(19)22)21(26)17-7-4-6-16(14-17)15-24-11-5-10-20(24)25/h2-4,6-9,14H,5,10-13,15H2,1H3. The molecule has 5 nitrogen and oxygen atoms in total. The van der Waals surface area contributed by atoms with Gasteiger partial charge in [-0.3, -0.25) is 9.59 Å². The van der Waals surface area contributed by atoms with Crippen molar-refractivity contribution in [3.8, 4) is 5.75 Å². The number of carbonyl (C=O) groups is 2. The van der Waals surface area contributed by atoms with Crippen molar-refractivity contribution in [2.24, 2.45) is 0 Å². The molecule has 1 heterocycles. The predicted octanol–water partition coefficient (Wildman–Crippen LogP) is 3.10. The summed E-state index contributed by atoms with van der Waals surface area (Å²) in [6.45, 7) is 1.83. The quantitative estimate of drug-likeness (QED) is 0.753. The minimum Gasteiger partial charge on any atom is -0.489 e. The van der Waals surface area contributed by atoms with E-state index in [0.29, 0.717) is 25.1 Å². The molecule has 2 amide bonds. The Balaban J connectivity index is 1.55. The van der Waals surface area contributed by atoms with Crippen LogP contribution in [0.5, 0.6) is 5.75 Å². The van der Waals surface area contributed by atoms with Crippen LogP contribution in [-0.2, 0) is 11.3 Å². The molecule has 1 saturated heterocycles. The lowest BCUT2D eigenvalue weighted by Gasteiger charge is -2.19. The molecule has 0 spiro atoms. The molecule has 0 saturated carbocycles. The van der Waals surface area contributed by atoms with Gasteiger partial charge < -0.3 is 14.5 Å². The maximum Gasteiger partial charge on any atom is 0.253 e. The van der Waals surface area contributed by atoms with Crippen molar-refractivity contribution in [2.75, 3.05) is 26.7 Å². The fraction of sp³-hybridized carbons (Fsp3) is 0.333. The second kappa shape index (κ2) is 8.66. The van der Waals surface area contributed by atoms with Crippen LogP contribution in [0.15, 0.2) is 48.5 Å². The van der Waals surface area contributed by atoms with E-state index in [-0.39, 0.29) is 24.2 Å². The van der Waals surface area contributed by atoms with Crippen LogP contribution in [0, 0.1) is 5.82 Å². The van der Waals surface area contributed by atoms with Crippen LogP contribution in [-0.4, -0.2) is 48.4 Å². The summed E-state index contributed by atoms with van der Waals surface area (Å²) in [5.74, 6) is -0.220. The molecule has 27 heavy (non-hydrogen) atoms. The number of benzene rings is 2. The lowest BCUT2D eigenvalue weighted by molar-refractivity contribution is -0.128. The van der Waals surface area contributed by atoms with Gasteiger partial charge >= 0.3 is 0 Å². The highest BCUT2D eigenvalue weighted by molar-refractivity contribution is 5.94. The number of carbonyl (C=O) groups excluding carboxylic acids is 2. The second-order valence-corrected chi connectivity index (χ2v) is 6.62. The normalized spacial score (nSPS) is 13.7. The molecule has 1 aliphatic heterocycles. The van der Waals surface area contributed by atoms with Crippen molar-refractivity contribution in [2.45, 2.75) is 19.4 Å². The third kappa shape index (κ3) is 4.84. The summed E-state index contributed by atoms with van der Waals surface area (Å²) in [5.41, 5.74) is 1.50. The van der Waals surface area contributed by atoms with Crippen LogP contribution >= 0.6 is 0 Å². The number of halogens is 1. The van der Waals surface area contributed by atoms with Crippen LogP contribution in [0.2, 0.25) is 0 Å². The molecule has 2 aromatic rings. The third-order valence-corrected chi connectivity index (χ3v) is 4.59. The summed E-state index contributed by atoms with van der Waals surface area (Å²) < 4.78 is 18.9. The average molecular weight is 370 g/mol. The van der Waals surface area contributed by atoms with Crippen molar-refractivity contribution in [3.05, 3.63) is 65.5 Å². The van der Waals surface area contributed by atoms with Crippen LogP contribution in [0.4, 0.5) is 4.39 Å². The first kappa shape index (κ1) is 18.9. The first-order valence-electron chi connectivity index (χ1n) is 9.04. The van der Waals surface area contributed by atoms with Crippen molar-refractivity contribution in [1.82, 2.24) is 9.80 Å². The molecule has 3 rings (SSSR count). The molecule has 0 aliphatic carbocycles. The largest absolute Gasteiger partial charge is 0.489 e. The summed E-state index contributed by atoms with van der Waals surface area (Å²) in [4.78, 5) is 27.8. The van der Waals surface area contributed by atoms with Crippen LogP contribution in [0.1, 0.15) is 28.8 Å². The molecule has 2 aromatic carbocycles. The average Bonchev–Trinajstić information content (AvgIpc) is 3.07. The first-order valence-corrected chi connectivity index (χ1v) is 9.04. The highest BCUT2D eigenvalue weighted by Crippen LogP contribution is 2.17. The number of ether oxygens (including phenoxy) is 1. The van der Waals surface area contributed by atoms with Gasteiger partial charge in [-0.05, 0) is 36.2 Å².